The number of H-pyrrole nitrogens is 1. The van der Waals surface area contributed by atoms with Gasteiger partial charge < -0.3 is 0 Å². The van der Waals surface area contributed by atoms with E-state index >= 15 is 0 Å². The highest BCUT2D eigenvalue weighted by atomic mass is 35.5. The Morgan fingerprint density at radius 2 is 2.21 bits per heavy atom. The van der Waals surface area contributed by atoms with Crippen LogP contribution in [0.15, 0.2) is 24.4 Å². The molecule has 2 aromatic rings. The molecule has 1 heterocycles. The van der Waals surface area contributed by atoms with E-state index in [9.17, 15) is 4.39 Å². The number of benzene rings is 1. The maximum Gasteiger partial charge on any atom is 0.134 e. The van der Waals surface area contributed by atoms with E-state index in [0.29, 0.717) is 16.3 Å². The van der Waals surface area contributed by atoms with Crippen molar-refractivity contribution in [2.24, 2.45) is 0 Å². The summed E-state index contributed by atoms with van der Waals surface area (Å²) < 4.78 is 13.5. The van der Waals surface area contributed by atoms with Crippen LogP contribution in [0.2, 0.25) is 5.02 Å². The smallest absolute Gasteiger partial charge is 0.134 e. The highest BCUT2D eigenvalue weighted by Crippen LogP contribution is 2.30. The molecule has 2 rings (SSSR count). The summed E-state index contributed by atoms with van der Waals surface area (Å²) in [6.07, 6.45) is 1.64. The lowest BCUT2D eigenvalue weighted by atomic mass is 10.1. The van der Waals surface area contributed by atoms with Crippen LogP contribution in [-0.2, 0) is 0 Å². The van der Waals surface area contributed by atoms with E-state index in [1.165, 1.54) is 6.07 Å². The molecule has 0 saturated carbocycles. The van der Waals surface area contributed by atoms with Gasteiger partial charge in [-0.1, -0.05) is 17.7 Å². The average Bonchev–Trinajstić information content (AvgIpc) is 2.52. The van der Waals surface area contributed by atoms with Crippen LogP contribution in [0.25, 0.3) is 11.3 Å². The van der Waals surface area contributed by atoms with Gasteiger partial charge in [0.25, 0.3) is 0 Å². The molecule has 0 aliphatic heterocycles. The Bertz CT molecular complexity index is 445. The van der Waals surface area contributed by atoms with Crippen LogP contribution in [-0.4, -0.2) is 10.2 Å². The van der Waals surface area contributed by atoms with Crippen LogP contribution in [0.3, 0.4) is 0 Å². The topological polar surface area (TPSA) is 28.7 Å². The Morgan fingerprint density at radius 3 is 2.79 bits per heavy atom. The third-order valence-electron chi connectivity index (χ3n) is 2.04. The molecule has 1 aromatic heterocycles. The van der Waals surface area contributed by atoms with E-state index in [1.807, 2.05) is 6.92 Å². The van der Waals surface area contributed by atoms with Crippen LogP contribution >= 0.6 is 11.6 Å². The lowest BCUT2D eigenvalue weighted by Gasteiger charge is -2.03. The number of hydrogen-bond acceptors (Lipinski definition) is 1. The molecule has 0 unspecified atom stereocenters. The molecule has 4 heteroatoms. The SMILES string of the molecule is Cc1cn[nH]c1-c1c(F)cccc1Cl. The van der Waals surface area contributed by atoms with Gasteiger partial charge in [0.2, 0.25) is 0 Å². The summed E-state index contributed by atoms with van der Waals surface area (Å²) >= 11 is 5.91. The lowest BCUT2D eigenvalue weighted by Crippen LogP contribution is -1.87. The number of nitrogens with one attached hydrogen (secondary N) is 1. The number of aromatic amines is 1. The molecule has 0 fully saturated rings. The fourth-order valence-electron chi connectivity index (χ4n) is 1.34. The minimum atomic E-state index is -0.343. The van der Waals surface area contributed by atoms with Gasteiger partial charge in [-0.3, -0.25) is 5.10 Å². The van der Waals surface area contributed by atoms with Crippen molar-refractivity contribution < 1.29 is 4.39 Å². The molecule has 0 radical (unpaired) electrons. The summed E-state index contributed by atoms with van der Waals surface area (Å²) in [6, 6.07) is 4.61. The highest BCUT2D eigenvalue weighted by molar-refractivity contribution is 6.33. The number of nitrogens with zero attached hydrogens (tertiary/aromatic N) is 1. The first-order valence-electron chi connectivity index (χ1n) is 4.14. The maximum atomic E-state index is 13.5. The van der Waals surface area contributed by atoms with E-state index in [0.717, 1.165) is 5.56 Å². The molecule has 0 atom stereocenters. The minimum Gasteiger partial charge on any atom is -0.277 e. The van der Waals surface area contributed by atoms with Gasteiger partial charge >= 0.3 is 0 Å². The number of aryl methyl sites for hydroxylation is 1. The largest absolute Gasteiger partial charge is 0.277 e. The predicted octanol–water partition coefficient (Wildman–Crippen LogP) is 3.18. The van der Waals surface area contributed by atoms with Gasteiger partial charge in [-0.25, -0.2) is 4.39 Å². The minimum absolute atomic E-state index is 0.343. The summed E-state index contributed by atoms with van der Waals surface area (Å²) in [6.45, 7) is 1.85. The first kappa shape index (κ1) is 9.21. The molecule has 1 N–H and O–H groups in total. The summed E-state index contributed by atoms with van der Waals surface area (Å²) in [5.74, 6) is -0.343. The molecular formula is C10H8ClFN2. The standard InChI is InChI=1S/C10H8ClFN2/c1-6-5-13-14-10(6)9-7(11)3-2-4-8(9)12/h2-5H,1H3,(H,13,14). The van der Waals surface area contributed by atoms with Crippen LogP contribution in [0.1, 0.15) is 5.56 Å². The number of aromatic nitrogens is 2. The van der Waals surface area contributed by atoms with E-state index in [4.69, 9.17) is 11.6 Å². The fraction of sp³-hybridized carbons (Fsp3) is 0.100. The van der Waals surface area contributed by atoms with Crippen molar-refractivity contribution in [1.82, 2.24) is 10.2 Å². The first-order valence-corrected chi connectivity index (χ1v) is 4.52. The molecule has 2 nitrogen and oxygen atoms in total. The summed E-state index contributed by atoms with van der Waals surface area (Å²) in [5.41, 5.74) is 1.88. The second-order valence-corrected chi connectivity index (χ2v) is 3.43. The van der Waals surface area contributed by atoms with E-state index < -0.39 is 0 Å². The Balaban J connectivity index is 2.68. The molecule has 72 valence electrons. The zero-order valence-corrected chi connectivity index (χ0v) is 8.27. The third-order valence-corrected chi connectivity index (χ3v) is 2.36. The Kier molecular flexibility index (Phi) is 2.25. The van der Waals surface area contributed by atoms with Crippen LogP contribution in [0.4, 0.5) is 4.39 Å². The Hall–Kier alpha value is -1.35. The van der Waals surface area contributed by atoms with Gasteiger partial charge in [-0.15, -0.1) is 0 Å². The van der Waals surface area contributed by atoms with Gasteiger partial charge in [0.05, 0.1) is 22.5 Å². The predicted molar refractivity (Wildman–Crippen MR) is 53.7 cm³/mol. The number of rotatable bonds is 1. The number of hydrogen-bond donors (Lipinski definition) is 1. The van der Waals surface area contributed by atoms with E-state index in [1.54, 1.807) is 18.3 Å². The molecule has 0 saturated heterocycles. The number of halogens is 2. The normalized spacial score (nSPS) is 10.5. The van der Waals surface area contributed by atoms with Crippen LogP contribution in [0.5, 0.6) is 0 Å². The summed E-state index contributed by atoms with van der Waals surface area (Å²) in [7, 11) is 0. The summed E-state index contributed by atoms with van der Waals surface area (Å²) in [5, 5.41) is 6.95. The van der Waals surface area contributed by atoms with Crippen molar-refractivity contribution in [2.45, 2.75) is 6.92 Å². The molecule has 0 aliphatic rings. The average molecular weight is 211 g/mol. The molecule has 0 amide bonds. The van der Waals surface area contributed by atoms with Crippen molar-refractivity contribution in [3.63, 3.8) is 0 Å². The molecule has 0 bridgehead atoms. The second-order valence-electron chi connectivity index (χ2n) is 3.02. The molecule has 1 aromatic carbocycles. The second kappa shape index (κ2) is 3.42. The van der Waals surface area contributed by atoms with Crippen molar-refractivity contribution in [3.8, 4) is 11.3 Å². The van der Waals surface area contributed by atoms with Crippen molar-refractivity contribution >= 4 is 11.6 Å². The summed E-state index contributed by atoms with van der Waals surface area (Å²) in [4.78, 5) is 0. The highest BCUT2D eigenvalue weighted by Gasteiger charge is 2.12. The lowest BCUT2D eigenvalue weighted by molar-refractivity contribution is 0.630. The van der Waals surface area contributed by atoms with Gasteiger partial charge in [0.1, 0.15) is 5.82 Å². The maximum absolute atomic E-state index is 13.5. The van der Waals surface area contributed by atoms with Crippen LogP contribution < -0.4 is 0 Å². The van der Waals surface area contributed by atoms with Crippen molar-refractivity contribution in [2.75, 3.05) is 0 Å². The van der Waals surface area contributed by atoms with Gasteiger partial charge in [0, 0.05) is 0 Å². The van der Waals surface area contributed by atoms with Crippen LogP contribution in [0, 0.1) is 12.7 Å². The molecule has 14 heavy (non-hydrogen) atoms. The zero-order chi connectivity index (χ0) is 10.1. The van der Waals surface area contributed by atoms with Gasteiger partial charge in [-0.2, -0.15) is 5.10 Å². The molecule has 0 aliphatic carbocycles. The zero-order valence-electron chi connectivity index (χ0n) is 7.51. The quantitative estimate of drug-likeness (QED) is 0.770. The van der Waals surface area contributed by atoms with Gasteiger partial charge in [0.15, 0.2) is 0 Å². The van der Waals surface area contributed by atoms with Crippen molar-refractivity contribution in [1.29, 1.82) is 0 Å². The van der Waals surface area contributed by atoms with E-state index in [2.05, 4.69) is 10.2 Å². The van der Waals surface area contributed by atoms with E-state index in [-0.39, 0.29) is 5.82 Å². The van der Waals surface area contributed by atoms with Crippen molar-refractivity contribution in [3.05, 3.63) is 40.8 Å². The fourth-order valence-corrected chi connectivity index (χ4v) is 1.59. The van der Waals surface area contributed by atoms with Gasteiger partial charge in [-0.05, 0) is 24.6 Å². The Morgan fingerprint density at radius 1 is 1.43 bits per heavy atom. The third kappa shape index (κ3) is 1.40. The first-order chi connectivity index (χ1) is 6.70. The monoisotopic (exact) mass is 210 g/mol. The molecule has 0 spiro atoms. The Labute approximate surface area is 85.7 Å². The molecular weight excluding hydrogens is 203 g/mol.